The van der Waals surface area contributed by atoms with E-state index in [1.807, 2.05) is 28.3 Å². The van der Waals surface area contributed by atoms with E-state index in [0.29, 0.717) is 39.4 Å². The van der Waals surface area contributed by atoms with Gasteiger partial charge in [0.1, 0.15) is 5.52 Å². The van der Waals surface area contributed by atoms with Crippen LogP contribution in [0.15, 0.2) is 41.4 Å². The second-order valence-electron chi connectivity index (χ2n) is 7.26. The van der Waals surface area contributed by atoms with Gasteiger partial charge in [-0.25, -0.2) is 9.78 Å². The van der Waals surface area contributed by atoms with Crippen LogP contribution in [0.1, 0.15) is 0 Å². The van der Waals surface area contributed by atoms with Gasteiger partial charge in [0.05, 0.1) is 13.2 Å². The molecule has 0 spiro atoms. The van der Waals surface area contributed by atoms with E-state index in [0.717, 1.165) is 35.4 Å². The summed E-state index contributed by atoms with van der Waals surface area (Å²) in [5, 5.41) is 5.33. The van der Waals surface area contributed by atoms with E-state index in [1.165, 1.54) is 5.56 Å². The Bertz CT molecular complexity index is 995. The molecule has 2 aliphatic rings. The second kappa shape index (κ2) is 7.96. The first-order valence-electron chi connectivity index (χ1n) is 9.94. The Morgan fingerprint density at radius 2 is 1.79 bits per heavy atom. The second-order valence-corrected chi connectivity index (χ2v) is 8.04. The molecule has 7 nitrogen and oxygen atoms in total. The third kappa shape index (κ3) is 3.54. The van der Waals surface area contributed by atoms with Crippen LogP contribution in [0.2, 0.25) is 0 Å². The van der Waals surface area contributed by atoms with Crippen molar-refractivity contribution < 1.29 is 9.53 Å². The molecule has 3 aromatic heterocycles. The minimum atomic E-state index is 0.122. The molecule has 8 heteroatoms. The summed E-state index contributed by atoms with van der Waals surface area (Å²) in [5.74, 6) is 0.901. The van der Waals surface area contributed by atoms with Crippen molar-refractivity contribution in [3.63, 3.8) is 0 Å². The molecule has 0 radical (unpaired) electrons. The molecule has 0 N–H and O–H groups in total. The van der Waals surface area contributed by atoms with Crippen molar-refractivity contribution in [3.8, 4) is 11.1 Å². The maximum atomic E-state index is 12.7. The lowest BCUT2D eigenvalue weighted by Gasteiger charge is -2.39. The highest BCUT2D eigenvalue weighted by atomic mass is 32.1. The molecule has 0 saturated carbocycles. The Balaban J connectivity index is 1.36. The van der Waals surface area contributed by atoms with Crippen LogP contribution in [0.5, 0.6) is 0 Å². The zero-order valence-electron chi connectivity index (χ0n) is 16.2. The lowest BCUT2D eigenvalue weighted by molar-refractivity contribution is 0.0428. The summed E-state index contributed by atoms with van der Waals surface area (Å²) in [7, 11) is 0. The number of hydrogen-bond acceptors (Lipinski definition) is 6. The minimum absolute atomic E-state index is 0.122. The third-order valence-electron chi connectivity index (χ3n) is 5.59. The number of ether oxygens (including phenoxy) is 1. The first-order valence-corrected chi connectivity index (χ1v) is 10.9. The number of nitrogens with zero attached hydrogens (tertiary/aromatic N) is 5. The number of piperazine rings is 1. The molecule has 2 amide bonds. The van der Waals surface area contributed by atoms with Crippen molar-refractivity contribution in [1.29, 1.82) is 0 Å². The maximum Gasteiger partial charge on any atom is 0.320 e. The fourth-order valence-electron chi connectivity index (χ4n) is 4.00. The summed E-state index contributed by atoms with van der Waals surface area (Å²) in [5.41, 5.74) is 3.20. The van der Waals surface area contributed by atoms with Gasteiger partial charge in [0.2, 0.25) is 0 Å². The van der Waals surface area contributed by atoms with E-state index in [2.05, 4.69) is 32.8 Å². The van der Waals surface area contributed by atoms with Gasteiger partial charge in [-0.2, -0.15) is 11.3 Å². The number of rotatable bonds is 2. The average molecular weight is 410 g/mol. The normalized spacial score (nSPS) is 17.7. The number of hydrogen-bond donors (Lipinski definition) is 0. The van der Waals surface area contributed by atoms with E-state index in [4.69, 9.17) is 9.72 Å². The van der Waals surface area contributed by atoms with E-state index >= 15 is 0 Å². The standard InChI is InChI=1S/C21H23N5O2S/c27-21(26-9-11-28-12-10-26)25-7-5-24(6-8-25)20-19-17(2-1-4-22-19)18(14-23-20)16-3-13-29-15-16/h1-4,13-15H,5-12H2. The molecule has 0 unspecified atom stereocenters. The Hall–Kier alpha value is -2.71. The van der Waals surface area contributed by atoms with Gasteiger partial charge < -0.3 is 19.4 Å². The van der Waals surface area contributed by atoms with Gasteiger partial charge in [-0.1, -0.05) is 6.07 Å². The molecule has 3 aromatic rings. The Morgan fingerprint density at radius 3 is 2.55 bits per heavy atom. The van der Waals surface area contributed by atoms with Gasteiger partial charge in [0.15, 0.2) is 5.82 Å². The van der Waals surface area contributed by atoms with E-state index in [1.54, 1.807) is 11.3 Å². The highest BCUT2D eigenvalue weighted by Crippen LogP contribution is 2.33. The van der Waals surface area contributed by atoms with E-state index in [-0.39, 0.29) is 6.03 Å². The molecule has 0 atom stereocenters. The highest BCUT2D eigenvalue weighted by molar-refractivity contribution is 7.08. The molecule has 2 aliphatic heterocycles. The number of aromatic nitrogens is 2. The van der Waals surface area contributed by atoms with Crippen LogP contribution in [0, 0.1) is 0 Å². The number of thiophene rings is 1. The highest BCUT2D eigenvalue weighted by Gasteiger charge is 2.27. The van der Waals surface area contributed by atoms with Crippen LogP contribution in [0.25, 0.3) is 22.0 Å². The number of urea groups is 1. The largest absolute Gasteiger partial charge is 0.378 e. The van der Waals surface area contributed by atoms with Crippen LogP contribution in [0.3, 0.4) is 0 Å². The summed E-state index contributed by atoms with van der Waals surface area (Å²) in [6.07, 6.45) is 3.77. The number of carbonyl (C=O) groups is 1. The average Bonchev–Trinajstić information content (AvgIpc) is 3.33. The molecule has 2 fully saturated rings. The zero-order chi connectivity index (χ0) is 19.6. The monoisotopic (exact) mass is 409 g/mol. The third-order valence-corrected chi connectivity index (χ3v) is 6.27. The molecule has 0 bridgehead atoms. The van der Waals surface area contributed by atoms with Gasteiger partial charge in [-0.05, 0) is 28.5 Å². The summed E-state index contributed by atoms with van der Waals surface area (Å²) in [4.78, 5) is 28.3. The Kier molecular flexibility index (Phi) is 5.03. The summed E-state index contributed by atoms with van der Waals surface area (Å²) < 4.78 is 5.35. The predicted molar refractivity (Wildman–Crippen MR) is 114 cm³/mol. The van der Waals surface area contributed by atoms with Gasteiger partial charge >= 0.3 is 6.03 Å². The molecule has 5 heterocycles. The summed E-state index contributed by atoms with van der Waals surface area (Å²) in [6.45, 7) is 5.52. The first-order chi connectivity index (χ1) is 14.3. The zero-order valence-corrected chi connectivity index (χ0v) is 17.0. The fourth-order valence-corrected chi connectivity index (χ4v) is 4.66. The molecule has 0 aromatic carbocycles. The molecule has 150 valence electrons. The number of pyridine rings is 2. The van der Waals surface area contributed by atoms with Gasteiger partial charge in [0, 0.05) is 62.6 Å². The molecule has 5 rings (SSSR count). The molecular weight excluding hydrogens is 386 g/mol. The van der Waals surface area contributed by atoms with Crippen molar-refractivity contribution in [2.75, 3.05) is 57.4 Å². The maximum absolute atomic E-state index is 12.7. The van der Waals surface area contributed by atoms with Gasteiger partial charge in [-0.15, -0.1) is 0 Å². The van der Waals surface area contributed by atoms with Crippen molar-refractivity contribution in [3.05, 3.63) is 41.4 Å². The van der Waals surface area contributed by atoms with Crippen LogP contribution in [-0.4, -0.2) is 78.3 Å². The smallest absolute Gasteiger partial charge is 0.320 e. The lowest BCUT2D eigenvalue weighted by Crippen LogP contribution is -2.55. The van der Waals surface area contributed by atoms with Crippen molar-refractivity contribution in [2.24, 2.45) is 0 Å². The summed E-state index contributed by atoms with van der Waals surface area (Å²) >= 11 is 1.68. The topological polar surface area (TPSA) is 61.8 Å². The van der Waals surface area contributed by atoms with E-state index in [9.17, 15) is 4.79 Å². The number of fused-ring (bicyclic) bond motifs is 1. The van der Waals surface area contributed by atoms with Crippen LogP contribution in [-0.2, 0) is 4.74 Å². The number of carbonyl (C=O) groups excluding carboxylic acids is 1. The van der Waals surface area contributed by atoms with Gasteiger partial charge in [0.25, 0.3) is 0 Å². The minimum Gasteiger partial charge on any atom is -0.378 e. The quantitative estimate of drug-likeness (QED) is 0.651. The number of morpholine rings is 1. The number of amides is 2. The molecule has 2 saturated heterocycles. The lowest BCUT2D eigenvalue weighted by atomic mass is 10.1. The Labute approximate surface area is 173 Å². The summed E-state index contributed by atoms with van der Waals surface area (Å²) in [6, 6.07) is 6.32. The van der Waals surface area contributed by atoms with Crippen molar-refractivity contribution in [2.45, 2.75) is 0 Å². The fraction of sp³-hybridized carbons (Fsp3) is 0.381. The molecule has 29 heavy (non-hydrogen) atoms. The van der Waals surface area contributed by atoms with Crippen LogP contribution in [0.4, 0.5) is 10.6 Å². The first kappa shape index (κ1) is 18.3. The SMILES string of the molecule is O=C(N1CCOCC1)N1CCN(c2ncc(-c3ccsc3)c3cccnc23)CC1. The van der Waals surface area contributed by atoms with Gasteiger partial charge in [-0.3, -0.25) is 4.98 Å². The van der Waals surface area contributed by atoms with Crippen LogP contribution >= 0.6 is 11.3 Å². The van der Waals surface area contributed by atoms with Crippen LogP contribution < -0.4 is 4.90 Å². The Morgan fingerprint density at radius 1 is 1.00 bits per heavy atom. The molecular formula is C21H23N5O2S. The van der Waals surface area contributed by atoms with Crippen molar-refractivity contribution >= 4 is 34.1 Å². The van der Waals surface area contributed by atoms with E-state index < -0.39 is 0 Å². The predicted octanol–water partition coefficient (Wildman–Crippen LogP) is 2.93. The molecule has 0 aliphatic carbocycles. The number of anilines is 1. The van der Waals surface area contributed by atoms with Crippen molar-refractivity contribution in [1.82, 2.24) is 19.8 Å².